The molecule has 1 aliphatic heterocycles. The van der Waals surface area contributed by atoms with Gasteiger partial charge >= 0.3 is 0 Å². The van der Waals surface area contributed by atoms with Crippen LogP contribution in [0.4, 0.5) is 5.69 Å². The number of ether oxygens (including phenoxy) is 2. The molecule has 2 heterocycles. The SMILES string of the molecule is CCCn1cc(CN=C(NC(=O)c2cccc(C)c2)Nc2ccc3c(c2)OCCO3)c(C)n1. The van der Waals surface area contributed by atoms with Gasteiger partial charge in [-0.3, -0.25) is 14.8 Å². The van der Waals surface area contributed by atoms with Gasteiger partial charge < -0.3 is 14.8 Å². The monoisotopic (exact) mass is 447 g/mol. The Labute approximate surface area is 193 Å². The maximum absolute atomic E-state index is 12.9. The lowest BCUT2D eigenvalue weighted by Gasteiger charge is -2.19. The number of carbonyl (C=O) groups is 1. The van der Waals surface area contributed by atoms with Crippen molar-refractivity contribution in [1.82, 2.24) is 15.1 Å². The van der Waals surface area contributed by atoms with Gasteiger partial charge in [0.15, 0.2) is 11.5 Å². The third-order valence-electron chi connectivity index (χ3n) is 5.23. The van der Waals surface area contributed by atoms with E-state index in [9.17, 15) is 4.79 Å². The van der Waals surface area contributed by atoms with Crippen LogP contribution in [0.2, 0.25) is 0 Å². The number of carbonyl (C=O) groups excluding carboxylic acids is 1. The van der Waals surface area contributed by atoms with E-state index < -0.39 is 0 Å². The van der Waals surface area contributed by atoms with Crippen LogP contribution < -0.4 is 20.1 Å². The molecule has 172 valence electrons. The number of nitrogens with one attached hydrogen (secondary N) is 2. The minimum absolute atomic E-state index is 0.235. The number of nitrogens with zero attached hydrogens (tertiary/aromatic N) is 3. The van der Waals surface area contributed by atoms with Crippen LogP contribution in [0, 0.1) is 13.8 Å². The number of aliphatic imine (C=N–C) groups is 1. The molecule has 0 bridgehead atoms. The molecule has 4 rings (SSSR count). The molecule has 2 N–H and O–H groups in total. The van der Waals surface area contributed by atoms with Gasteiger partial charge in [0.05, 0.1) is 12.2 Å². The van der Waals surface area contributed by atoms with Gasteiger partial charge in [-0.15, -0.1) is 0 Å². The van der Waals surface area contributed by atoms with E-state index >= 15 is 0 Å². The van der Waals surface area contributed by atoms with Crippen molar-refractivity contribution < 1.29 is 14.3 Å². The first kappa shape index (κ1) is 22.4. The number of guanidine groups is 1. The highest BCUT2D eigenvalue weighted by Crippen LogP contribution is 2.32. The van der Waals surface area contributed by atoms with Gasteiger partial charge in [0.2, 0.25) is 5.96 Å². The molecule has 1 aliphatic rings. The lowest BCUT2D eigenvalue weighted by atomic mass is 10.1. The van der Waals surface area contributed by atoms with E-state index in [-0.39, 0.29) is 5.91 Å². The molecular formula is C25H29N5O3. The van der Waals surface area contributed by atoms with E-state index in [1.165, 1.54) is 0 Å². The second-order valence-electron chi connectivity index (χ2n) is 7.97. The van der Waals surface area contributed by atoms with Gasteiger partial charge in [-0.05, 0) is 44.5 Å². The van der Waals surface area contributed by atoms with Crippen molar-refractivity contribution in [3.8, 4) is 11.5 Å². The fourth-order valence-electron chi connectivity index (χ4n) is 3.56. The number of anilines is 1. The Bertz CT molecular complexity index is 1170. The summed E-state index contributed by atoms with van der Waals surface area (Å²) in [4.78, 5) is 17.6. The molecule has 0 fully saturated rings. The molecule has 1 aromatic heterocycles. The summed E-state index contributed by atoms with van der Waals surface area (Å²) in [6.45, 7) is 8.32. The van der Waals surface area contributed by atoms with E-state index in [0.717, 1.165) is 35.5 Å². The zero-order valence-corrected chi connectivity index (χ0v) is 19.2. The number of aryl methyl sites for hydroxylation is 3. The zero-order valence-electron chi connectivity index (χ0n) is 19.2. The first-order valence-electron chi connectivity index (χ1n) is 11.1. The van der Waals surface area contributed by atoms with Gasteiger partial charge in [-0.25, -0.2) is 4.99 Å². The van der Waals surface area contributed by atoms with E-state index in [1.807, 2.05) is 61.1 Å². The highest BCUT2D eigenvalue weighted by Gasteiger charge is 2.14. The number of aromatic nitrogens is 2. The Morgan fingerprint density at radius 2 is 1.94 bits per heavy atom. The van der Waals surface area contributed by atoms with Crippen molar-refractivity contribution in [2.24, 2.45) is 4.99 Å². The predicted molar refractivity (Wildman–Crippen MR) is 128 cm³/mol. The fraction of sp³-hybridized carbons (Fsp3) is 0.320. The van der Waals surface area contributed by atoms with Crippen LogP contribution in [0.3, 0.4) is 0 Å². The highest BCUT2D eigenvalue weighted by molar-refractivity contribution is 6.10. The van der Waals surface area contributed by atoms with Gasteiger partial charge in [0, 0.05) is 35.6 Å². The molecule has 0 unspecified atom stereocenters. The zero-order chi connectivity index (χ0) is 23.2. The van der Waals surface area contributed by atoms with Crippen molar-refractivity contribution in [3.05, 3.63) is 71.0 Å². The van der Waals surface area contributed by atoms with Crippen LogP contribution in [0.25, 0.3) is 0 Å². The lowest BCUT2D eigenvalue weighted by Crippen LogP contribution is -2.36. The minimum atomic E-state index is -0.235. The molecule has 1 amide bonds. The van der Waals surface area contributed by atoms with Crippen LogP contribution >= 0.6 is 0 Å². The molecule has 0 spiro atoms. The fourth-order valence-corrected chi connectivity index (χ4v) is 3.56. The van der Waals surface area contributed by atoms with Crippen molar-refractivity contribution >= 4 is 17.6 Å². The molecule has 33 heavy (non-hydrogen) atoms. The van der Waals surface area contributed by atoms with Crippen LogP contribution in [0.1, 0.15) is 40.5 Å². The molecule has 3 aromatic rings. The van der Waals surface area contributed by atoms with Gasteiger partial charge in [-0.1, -0.05) is 24.6 Å². The summed E-state index contributed by atoms with van der Waals surface area (Å²) in [6.07, 6.45) is 3.01. The number of rotatable bonds is 6. The van der Waals surface area contributed by atoms with E-state index in [0.29, 0.717) is 42.8 Å². The summed E-state index contributed by atoms with van der Waals surface area (Å²) in [7, 11) is 0. The Kier molecular flexibility index (Phi) is 6.92. The topological polar surface area (TPSA) is 89.8 Å². The molecular weight excluding hydrogens is 418 g/mol. The highest BCUT2D eigenvalue weighted by atomic mass is 16.6. The quantitative estimate of drug-likeness (QED) is 0.439. The van der Waals surface area contributed by atoms with Gasteiger partial charge in [-0.2, -0.15) is 5.10 Å². The molecule has 8 heteroatoms. The van der Waals surface area contributed by atoms with Crippen LogP contribution in [-0.4, -0.2) is 34.9 Å². The van der Waals surface area contributed by atoms with E-state index in [4.69, 9.17) is 9.47 Å². The Balaban J connectivity index is 1.57. The Morgan fingerprint density at radius 3 is 2.73 bits per heavy atom. The maximum atomic E-state index is 12.9. The third-order valence-corrected chi connectivity index (χ3v) is 5.23. The summed E-state index contributed by atoms with van der Waals surface area (Å²) < 4.78 is 13.2. The van der Waals surface area contributed by atoms with E-state index in [2.05, 4.69) is 27.6 Å². The number of benzene rings is 2. The number of amides is 1. The predicted octanol–water partition coefficient (Wildman–Crippen LogP) is 4.08. The number of fused-ring (bicyclic) bond motifs is 1. The van der Waals surface area contributed by atoms with Crippen LogP contribution in [-0.2, 0) is 13.1 Å². The second kappa shape index (κ2) is 10.2. The van der Waals surface area contributed by atoms with Crippen molar-refractivity contribution in [2.45, 2.75) is 40.3 Å². The normalized spacial score (nSPS) is 13.0. The first-order chi connectivity index (χ1) is 16.0. The molecule has 8 nitrogen and oxygen atoms in total. The summed E-state index contributed by atoms with van der Waals surface area (Å²) in [5, 5.41) is 10.7. The Hall–Kier alpha value is -3.81. The van der Waals surface area contributed by atoms with Crippen LogP contribution in [0.15, 0.2) is 53.7 Å². The van der Waals surface area contributed by atoms with Crippen LogP contribution in [0.5, 0.6) is 11.5 Å². The van der Waals surface area contributed by atoms with Crippen molar-refractivity contribution in [1.29, 1.82) is 0 Å². The third kappa shape index (κ3) is 5.71. The van der Waals surface area contributed by atoms with Crippen molar-refractivity contribution in [3.63, 3.8) is 0 Å². The summed E-state index contributed by atoms with van der Waals surface area (Å²) >= 11 is 0. The summed E-state index contributed by atoms with van der Waals surface area (Å²) in [5.74, 6) is 1.47. The average molecular weight is 448 g/mol. The maximum Gasteiger partial charge on any atom is 0.257 e. The largest absolute Gasteiger partial charge is 0.486 e. The van der Waals surface area contributed by atoms with Gasteiger partial charge in [0.25, 0.3) is 5.91 Å². The Morgan fingerprint density at radius 1 is 1.12 bits per heavy atom. The van der Waals surface area contributed by atoms with Gasteiger partial charge in [0.1, 0.15) is 13.2 Å². The summed E-state index contributed by atoms with van der Waals surface area (Å²) in [6, 6.07) is 13.0. The molecule has 0 aliphatic carbocycles. The molecule has 0 atom stereocenters. The number of hydrogen-bond donors (Lipinski definition) is 2. The second-order valence-corrected chi connectivity index (χ2v) is 7.97. The molecule has 0 radical (unpaired) electrons. The summed E-state index contributed by atoms with van der Waals surface area (Å²) in [5.41, 5.74) is 4.25. The molecule has 0 saturated heterocycles. The average Bonchev–Trinajstić information content (AvgIpc) is 3.16. The smallest absolute Gasteiger partial charge is 0.257 e. The number of hydrogen-bond acceptors (Lipinski definition) is 5. The van der Waals surface area contributed by atoms with Crippen molar-refractivity contribution in [2.75, 3.05) is 18.5 Å². The standard InChI is InChI=1S/C25H29N5O3/c1-4-10-30-16-20(18(3)29-30)15-26-25(28-24(31)19-7-5-6-17(2)13-19)27-21-8-9-22-23(14-21)33-12-11-32-22/h5-9,13-14,16H,4,10-12,15H2,1-3H3,(H2,26,27,28,31). The first-order valence-corrected chi connectivity index (χ1v) is 11.1. The molecule has 2 aromatic carbocycles. The molecule has 0 saturated carbocycles. The van der Waals surface area contributed by atoms with E-state index in [1.54, 1.807) is 6.07 Å². The lowest BCUT2D eigenvalue weighted by molar-refractivity contribution is 0.0977. The minimum Gasteiger partial charge on any atom is -0.486 e.